The number of aromatic amines is 1. The summed E-state index contributed by atoms with van der Waals surface area (Å²) in [4.78, 5) is 12.2. The highest BCUT2D eigenvalue weighted by Gasteiger charge is 2.18. The van der Waals surface area contributed by atoms with Crippen molar-refractivity contribution in [3.05, 3.63) is 91.3 Å². The number of para-hydroxylation sites is 1. The van der Waals surface area contributed by atoms with Crippen molar-refractivity contribution in [2.75, 3.05) is 0 Å². The lowest BCUT2D eigenvalue weighted by molar-refractivity contribution is 0.628. The van der Waals surface area contributed by atoms with Gasteiger partial charge in [0, 0.05) is 34.6 Å². The van der Waals surface area contributed by atoms with Crippen LogP contribution in [0.15, 0.2) is 85.5 Å². The Hall–Kier alpha value is -3.73. The Morgan fingerprint density at radius 3 is 2.48 bits per heavy atom. The first-order chi connectivity index (χ1) is 13.3. The van der Waals surface area contributed by atoms with Crippen LogP contribution in [0.2, 0.25) is 0 Å². The highest BCUT2D eigenvalue weighted by molar-refractivity contribution is 5.96. The van der Waals surface area contributed by atoms with Gasteiger partial charge in [-0.1, -0.05) is 18.2 Å². The number of pyridine rings is 1. The summed E-state index contributed by atoms with van der Waals surface area (Å²) in [6.07, 6.45) is 5.47. The molecule has 0 spiro atoms. The molecule has 0 unspecified atom stereocenters. The van der Waals surface area contributed by atoms with Crippen molar-refractivity contribution >= 4 is 11.0 Å². The van der Waals surface area contributed by atoms with E-state index in [0.717, 1.165) is 39.2 Å². The number of hydrogen-bond donors (Lipinski definition) is 1. The molecular formula is C22H15FN4. The van der Waals surface area contributed by atoms with Crippen LogP contribution in [0.5, 0.6) is 0 Å². The Morgan fingerprint density at radius 1 is 0.852 bits per heavy atom. The number of H-pyrrole nitrogens is 1. The predicted molar refractivity (Wildman–Crippen MR) is 104 cm³/mol. The molecule has 0 aliphatic heterocycles. The molecule has 0 saturated carbocycles. The Bertz CT molecular complexity index is 1220. The molecule has 0 atom stereocenters. The molecule has 3 aromatic heterocycles. The van der Waals surface area contributed by atoms with Gasteiger partial charge in [0.1, 0.15) is 17.8 Å². The number of nitrogens with one attached hydrogen (secondary N) is 1. The number of imidazole rings is 1. The molecule has 0 bridgehead atoms. The highest BCUT2D eigenvalue weighted by Crippen LogP contribution is 2.36. The van der Waals surface area contributed by atoms with Crippen molar-refractivity contribution in [1.29, 1.82) is 0 Å². The van der Waals surface area contributed by atoms with E-state index < -0.39 is 0 Å². The van der Waals surface area contributed by atoms with Gasteiger partial charge in [0.25, 0.3) is 0 Å². The molecule has 1 N–H and O–H groups in total. The van der Waals surface area contributed by atoms with Crippen LogP contribution >= 0.6 is 0 Å². The van der Waals surface area contributed by atoms with E-state index >= 15 is 0 Å². The van der Waals surface area contributed by atoms with Crippen LogP contribution in [0.4, 0.5) is 4.39 Å². The Morgan fingerprint density at radius 2 is 1.67 bits per heavy atom. The standard InChI is InChI=1S/C22H15FN4/c23-16-8-6-15(7-9-16)20-21(18-10-12-24-22-19(18)11-13-25-22)27(14-26-20)17-4-2-1-3-5-17/h1-14H,(H,24,25). The molecule has 0 amide bonds. The first kappa shape index (κ1) is 15.5. The predicted octanol–water partition coefficient (Wildman–Crippen LogP) is 5.22. The summed E-state index contributed by atoms with van der Waals surface area (Å²) < 4.78 is 15.5. The monoisotopic (exact) mass is 354 g/mol. The van der Waals surface area contributed by atoms with Gasteiger partial charge in [-0.3, -0.25) is 4.57 Å². The van der Waals surface area contributed by atoms with Gasteiger partial charge in [-0.05, 0) is 48.5 Å². The second-order valence-electron chi connectivity index (χ2n) is 6.25. The summed E-state index contributed by atoms with van der Waals surface area (Å²) in [6, 6.07) is 20.5. The molecular weight excluding hydrogens is 339 g/mol. The lowest BCUT2D eigenvalue weighted by Gasteiger charge is -2.12. The normalized spacial score (nSPS) is 11.1. The number of nitrogens with zero attached hydrogens (tertiary/aromatic N) is 3. The molecule has 4 nitrogen and oxygen atoms in total. The van der Waals surface area contributed by atoms with Gasteiger partial charge in [-0.25, -0.2) is 14.4 Å². The average Bonchev–Trinajstić information content (AvgIpc) is 3.36. The van der Waals surface area contributed by atoms with Crippen molar-refractivity contribution in [1.82, 2.24) is 19.5 Å². The molecule has 0 aliphatic carbocycles. The Labute approximate surface area is 155 Å². The van der Waals surface area contributed by atoms with Crippen molar-refractivity contribution < 1.29 is 4.39 Å². The van der Waals surface area contributed by atoms with Gasteiger partial charge in [0.2, 0.25) is 0 Å². The summed E-state index contributed by atoms with van der Waals surface area (Å²) in [5, 5.41) is 1.01. The fourth-order valence-corrected chi connectivity index (χ4v) is 3.38. The van der Waals surface area contributed by atoms with Crippen molar-refractivity contribution in [2.45, 2.75) is 0 Å². The first-order valence-electron chi connectivity index (χ1n) is 8.62. The van der Waals surface area contributed by atoms with Gasteiger partial charge in [-0.15, -0.1) is 0 Å². The molecule has 0 fully saturated rings. The van der Waals surface area contributed by atoms with Crippen LogP contribution in [0.25, 0.3) is 39.2 Å². The van der Waals surface area contributed by atoms with Crippen LogP contribution < -0.4 is 0 Å². The fourth-order valence-electron chi connectivity index (χ4n) is 3.38. The maximum absolute atomic E-state index is 13.4. The molecule has 5 aromatic rings. The van der Waals surface area contributed by atoms with Crippen LogP contribution in [-0.2, 0) is 0 Å². The molecule has 2 aromatic carbocycles. The van der Waals surface area contributed by atoms with E-state index in [2.05, 4.69) is 19.5 Å². The number of rotatable bonds is 3. The topological polar surface area (TPSA) is 46.5 Å². The second kappa shape index (κ2) is 6.21. The quantitative estimate of drug-likeness (QED) is 0.483. The zero-order valence-electron chi connectivity index (χ0n) is 14.3. The van der Waals surface area contributed by atoms with E-state index in [-0.39, 0.29) is 5.82 Å². The number of hydrogen-bond acceptors (Lipinski definition) is 2. The fraction of sp³-hybridized carbons (Fsp3) is 0. The minimum Gasteiger partial charge on any atom is -0.346 e. The van der Waals surface area contributed by atoms with E-state index in [9.17, 15) is 4.39 Å². The molecule has 5 heteroatoms. The zero-order chi connectivity index (χ0) is 18.2. The van der Waals surface area contributed by atoms with E-state index in [1.807, 2.05) is 55.0 Å². The van der Waals surface area contributed by atoms with Gasteiger partial charge in [-0.2, -0.15) is 0 Å². The lowest BCUT2D eigenvalue weighted by atomic mass is 10.0. The van der Waals surface area contributed by atoms with Gasteiger partial charge < -0.3 is 4.98 Å². The van der Waals surface area contributed by atoms with Crippen molar-refractivity contribution in [2.24, 2.45) is 0 Å². The molecule has 0 radical (unpaired) electrons. The summed E-state index contributed by atoms with van der Waals surface area (Å²) in [5.74, 6) is -0.264. The van der Waals surface area contributed by atoms with Gasteiger partial charge in [0.15, 0.2) is 0 Å². The summed E-state index contributed by atoms with van der Waals surface area (Å²) in [6.45, 7) is 0. The lowest BCUT2D eigenvalue weighted by Crippen LogP contribution is -1.97. The third-order valence-corrected chi connectivity index (χ3v) is 4.63. The van der Waals surface area contributed by atoms with E-state index in [0.29, 0.717) is 0 Å². The first-order valence-corrected chi connectivity index (χ1v) is 8.62. The minimum absolute atomic E-state index is 0.264. The van der Waals surface area contributed by atoms with E-state index in [1.54, 1.807) is 18.3 Å². The molecule has 130 valence electrons. The van der Waals surface area contributed by atoms with Gasteiger partial charge in [0.05, 0.1) is 11.4 Å². The van der Waals surface area contributed by atoms with Crippen molar-refractivity contribution in [3.8, 4) is 28.2 Å². The average molecular weight is 354 g/mol. The molecule has 27 heavy (non-hydrogen) atoms. The number of aromatic nitrogens is 4. The number of fused-ring (bicyclic) bond motifs is 1. The summed E-state index contributed by atoms with van der Waals surface area (Å²) >= 11 is 0. The van der Waals surface area contributed by atoms with Crippen molar-refractivity contribution in [3.63, 3.8) is 0 Å². The van der Waals surface area contributed by atoms with Crippen LogP contribution in [0, 0.1) is 5.82 Å². The molecule has 3 heterocycles. The SMILES string of the molecule is Fc1ccc(-c2ncn(-c3ccccc3)c2-c2ccnc3[nH]ccc23)cc1. The largest absolute Gasteiger partial charge is 0.346 e. The summed E-state index contributed by atoms with van der Waals surface area (Å²) in [7, 11) is 0. The molecule has 0 aliphatic rings. The minimum atomic E-state index is -0.264. The van der Waals surface area contributed by atoms with Crippen LogP contribution in [0.1, 0.15) is 0 Å². The van der Waals surface area contributed by atoms with E-state index in [1.165, 1.54) is 12.1 Å². The van der Waals surface area contributed by atoms with Gasteiger partial charge >= 0.3 is 0 Å². The number of benzene rings is 2. The third kappa shape index (κ3) is 2.60. The maximum Gasteiger partial charge on any atom is 0.137 e. The second-order valence-corrected chi connectivity index (χ2v) is 6.25. The van der Waals surface area contributed by atoms with Crippen LogP contribution in [-0.4, -0.2) is 19.5 Å². The smallest absolute Gasteiger partial charge is 0.137 e. The Balaban J connectivity index is 1.82. The highest BCUT2D eigenvalue weighted by atomic mass is 19.1. The Kier molecular flexibility index (Phi) is 3.57. The zero-order valence-corrected chi connectivity index (χ0v) is 14.3. The molecule has 5 rings (SSSR count). The maximum atomic E-state index is 13.4. The van der Waals surface area contributed by atoms with E-state index in [4.69, 9.17) is 0 Å². The summed E-state index contributed by atoms with van der Waals surface area (Å²) in [5.41, 5.74) is 5.45. The third-order valence-electron chi connectivity index (χ3n) is 4.63. The van der Waals surface area contributed by atoms with Crippen LogP contribution in [0.3, 0.4) is 0 Å². The molecule has 0 saturated heterocycles. The number of halogens is 1.